The van der Waals surface area contributed by atoms with E-state index in [1.165, 1.54) is 13.8 Å². The molecule has 0 radical (unpaired) electrons. The fourth-order valence-corrected chi connectivity index (χ4v) is 1.69. The van der Waals surface area contributed by atoms with Crippen LogP contribution >= 0.6 is 0 Å². The van der Waals surface area contributed by atoms with Crippen molar-refractivity contribution in [1.29, 1.82) is 0 Å². The van der Waals surface area contributed by atoms with Crippen LogP contribution in [-0.2, 0) is 19.1 Å². The highest BCUT2D eigenvalue weighted by atomic mass is 16.6. The molecule has 0 aromatic carbocycles. The van der Waals surface area contributed by atoms with E-state index in [9.17, 15) is 9.59 Å². The van der Waals surface area contributed by atoms with Gasteiger partial charge in [0.25, 0.3) is 0 Å². The maximum Gasteiger partial charge on any atom is 0.304 e. The van der Waals surface area contributed by atoms with Crippen LogP contribution in [0, 0.1) is 5.92 Å². The second-order valence-electron chi connectivity index (χ2n) is 3.82. The van der Waals surface area contributed by atoms with Crippen molar-refractivity contribution in [2.75, 3.05) is 6.54 Å². The van der Waals surface area contributed by atoms with Gasteiger partial charge in [-0.1, -0.05) is 6.92 Å². The Hall–Kier alpha value is -1.10. The fraction of sp³-hybridized carbons (Fsp3) is 0.800. The Morgan fingerprint density at radius 1 is 1.20 bits per heavy atom. The highest BCUT2D eigenvalue weighted by Gasteiger charge is 2.35. The van der Waals surface area contributed by atoms with Gasteiger partial charge in [0.05, 0.1) is 0 Å². The highest BCUT2D eigenvalue weighted by Crippen LogP contribution is 2.20. The highest BCUT2D eigenvalue weighted by molar-refractivity contribution is 5.67. The molecule has 3 unspecified atom stereocenters. The van der Waals surface area contributed by atoms with E-state index in [1.807, 2.05) is 6.92 Å². The van der Waals surface area contributed by atoms with Gasteiger partial charge in [-0.3, -0.25) is 14.9 Å². The van der Waals surface area contributed by atoms with Crippen molar-refractivity contribution in [3.05, 3.63) is 0 Å². The van der Waals surface area contributed by atoms with Crippen LogP contribution in [0.4, 0.5) is 0 Å². The lowest BCUT2D eigenvalue weighted by Crippen LogP contribution is -2.52. The van der Waals surface area contributed by atoms with Gasteiger partial charge in [0.1, 0.15) is 0 Å². The first-order valence-corrected chi connectivity index (χ1v) is 5.08. The predicted octanol–water partition coefficient (Wildman–Crippen LogP) is 0.437. The summed E-state index contributed by atoms with van der Waals surface area (Å²) >= 11 is 0. The normalized spacial score (nSPS) is 30.7. The molecule has 1 fully saturated rings. The number of ether oxygens (including phenoxy) is 2. The lowest BCUT2D eigenvalue weighted by Gasteiger charge is -2.35. The predicted molar refractivity (Wildman–Crippen MR) is 52.9 cm³/mol. The average Bonchev–Trinajstić information content (AvgIpc) is 2.09. The van der Waals surface area contributed by atoms with Crippen LogP contribution < -0.4 is 5.32 Å². The van der Waals surface area contributed by atoms with E-state index in [-0.39, 0.29) is 24.0 Å². The number of esters is 2. The molecule has 0 aromatic heterocycles. The summed E-state index contributed by atoms with van der Waals surface area (Å²) in [6.07, 6.45) is -0.00861. The van der Waals surface area contributed by atoms with Crippen LogP contribution in [0.2, 0.25) is 0 Å². The molecule has 1 rings (SSSR count). The van der Waals surface area contributed by atoms with Gasteiger partial charge in [-0.2, -0.15) is 0 Å². The largest absolute Gasteiger partial charge is 0.457 e. The Balaban J connectivity index is 2.63. The van der Waals surface area contributed by atoms with Crippen molar-refractivity contribution < 1.29 is 19.1 Å². The quantitative estimate of drug-likeness (QED) is 0.677. The van der Waals surface area contributed by atoms with Crippen molar-refractivity contribution >= 4 is 11.9 Å². The molecule has 15 heavy (non-hydrogen) atoms. The summed E-state index contributed by atoms with van der Waals surface area (Å²) < 4.78 is 10.2. The first-order valence-electron chi connectivity index (χ1n) is 5.08. The van der Waals surface area contributed by atoms with Crippen molar-refractivity contribution in [3.63, 3.8) is 0 Å². The van der Waals surface area contributed by atoms with Gasteiger partial charge in [-0.05, 0) is 18.9 Å². The Morgan fingerprint density at radius 3 is 2.33 bits per heavy atom. The summed E-state index contributed by atoms with van der Waals surface area (Å²) in [6.45, 7) is 5.43. The van der Waals surface area contributed by atoms with E-state index in [0.717, 1.165) is 13.0 Å². The molecule has 1 N–H and O–H groups in total. The molecular formula is C10H17NO4. The Kier molecular flexibility index (Phi) is 4.08. The van der Waals surface area contributed by atoms with Crippen molar-refractivity contribution in [2.45, 2.75) is 39.5 Å². The minimum atomic E-state index is -0.518. The van der Waals surface area contributed by atoms with Gasteiger partial charge in [-0.25, -0.2) is 0 Å². The van der Waals surface area contributed by atoms with Crippen molar-refractivity contribution in [3.8, 4) is 0 Å². The third-order valence-corrected chi connectivity index (χ3v) is 2.40. The molecule has 0 bridgehead atoms. The van der Waals surface area contributed by atoms with E-state index in [1.54, 1.807) is 0 Å². The van der Waals surface area contributed by atoms with Crippen LogP contribution in [0.1, 0.15) is 27.2 Å². The summed E-state index contributed by atoms with van der Waals surface area (Å²) in [5.74, 6) is -0.536. The summed E-state index contributed by atoms with van der Waals surface area (Å²) in [4.78, 5) is 21.7. The van der Waals surface area contributed by atoms with Crippen molar-refractivity contribution in [2.24, 2.45) is 5.92 Å². The van der Waals surface area contributed by atoms with E-state index in [2.05, 4.69) is 5.32 Å². The van der Waals surface area contributed by atoms with Crippen LogP contribution in [0.25, 0.3) is 0 Å². The number of hydrogen-bond donors (Lipinski definition) is 1. The number of carbonyl (C=O) groups excluding carboxylic acids is 2. The zero-order valence-electron chi connectivity index (χ0n) is 9.28. The molecule has 5 nitrogen and oxygen atoms in total. The monoisotopic (exact) mass is 215 g/mol. The molecule has 0 amide bonds. The smallest absolute Gasteiger partial charge is 0.304 e. The van der Waals surface area contributed by atoms with E-state index in [0.29, 0.717) is 0 Å². The van der Waals surface area contributed by atoms with Gasteiger partial charge in [-0.15, -0.1) is 0 Å². The van der Waals surface area contributed by atoms with Crippen molar-refractivity contribution in [1.82, 2.24) is 5.32 Å². The molecule has 0 saturated carbocycles. The molecular weight excluding hydrogens is 198 g/mol. The van der Waals surface area contributed by atoms with Crippen LogP contribution in [0.5, 0.6) is 0 Å². The second-order valence-corrected chi connectivity index (χ2v) is 3.82. The molecule has 5 heteroatoms. The number of hydrogen-bond acceptors (Lipinski definition) is 5. The third kappa shape index (κ3) is 3.51. The van der Waals surface area contributed by atoms with Gasteiger partial charge in [0.15, 0.2) is 12.3 Å². The zero-order chi connectivity index (χ0) is 11.4. The zero-order valence-corrected chi connectivity index (χ0v) is 9.28. The first kappa shape index (κ1) is 12.0. The summed E-state index contributed by atoms with van der Waals surface area (Å²) in [7, 11) is 0. The van der Waals surface area contributed by atoms with Gasteiger partial charge in [0, 0.05) is 13.8 Å². The molecule has 0 aromatic rings. The van der Waals surface area contributed by atoms with Crippen LogP contribution in [0.15, 0.2) is 0 Å². The van der Waals surface area contributed by atoms with Gasteiger partial charge >= 0.3 is 11.9 Å². The summed E-state index contributed by atoms with van der Waals surface area (Å²) in [5, 5.41) is 3.02. The first-order chi connectivity index (χ1) is 7.00. The summed E-state index contributed by atoms with van der Waals surface area (Å²) in [5.41, 5.74) is 0. The number of carbonyl (C=O) groups is 2. The van der Waals surface area contributed by atoms with E-state index < -0.39 is 6.23 Å². The Bertz CT molecular complexity index is 254. The van der Waals surface area contributed by atoms with Crippen LogP contribution in [-0.4, -0.2) is 30.8 Å². The molecule has 1 heterocycles. The number of piperidine rings is 1. The molecule has 0 spiro atoms. The fourth-order valence-electron chi connectivity index (χ4n) is 1.69. The number of nitrogens with one attached hydrogen (secondary N) is 1. The average molecular weight is 215 g/mol. The standard InChI is InChI=1S/C10H17NO4/c1-6-4-5-11-10(15-8(3)13)9(6)14-7(2)12/h6,9-11H,4-5H2,1-3H3. The summed E-state index contributed by atoms with van der Waals surface area (Å²) in [6, 6.07) is 0. The van der Waals surface area contributed by atoms with Crippen LogP contribution in [0.3, 0.4) is 0 Å². The molecule has 86 valence electrons. The minimum Gasteiger partial charge on any atom is -0.457 e. The molecule has 1 aliphatic rings. The second kappa shape index (κ2) is 5.11. The molecule has 1 aliphatic heterocycles. The lowest BCUT2D eigenvalue weighted by atomic mass is 9.95. The molecule has 3 atom stereocenters. The van der Waals surface area contributed by atoms with E-state index >= 15 is 0 Å². The maximum absolute atomic E-state index is 10.9. The SMILES string of the molecule is CC(=O)OC1NCCC(C)C1OC(C)=O. The van der Waals surface area contributed by atoms with E-state index in [4.69, 9.17) is 9.47 Å². The van der Waals surface area contributed by atoms with Gasteiger partial charge in [0.2, 0.25) is 0 Å². The van der Waals surface area contributed by atoms with Gasteiger partial charge < -0.3 is 9.47 Å². The molecule has 1 saturated heterocycles. The molecule has 0 aliphatic carbocycles. The topological polar surface area (TPSA) is 64.6 Å². The maximum atomic E-state index is 10.9. The Morgan fingerprint density at radius 2 is 1.80 bits per heavy atom. The minimum absolute atomic E-state index is 0.194. The third-order valence-electron chi connectivity index (χ3n) is 2.40. The number of rotatable bonds is 2. The Labute approximate surface area is 89.1 Å². The lowest BCUT2D eigenvalue weighted by molar-refractivity contribution is -0.176.